The number of unbranched alkanes of at least 4 members (excludes halogenated alkanes) is 1. The molecule has 0 aliphatic carbocycles. The van der Waals surface area contributed by atoms with Gasteiger partial charge in [0.15, 0.2) is 6.10 Å². The number of carboxylic acid groups (broad SMARTS) is 1. The lowest BCUT2D eigenvalue weighted by Gasteiger charge is -2.06. The summed E-state index contributed by atoms with van der Waals surface area (Å²) in [7, 11) is 0. The Kier molecular flexibility index (Phi) is 3.38. The molecule has 16 heavy (non-hydrogen) atoms. The summed E-state index contributed by atoms with van der Waals surface area (Å²) in [5.74, 6) is 0.0607. The lowest BCUT2D eigenvalue weighted by molar-refractivity contribution is -0.137. The molecule has 2 atom stereocenters. The van der Waals surface area contributed by atoms with Crippen molar-refractivity contribution in [2.75, 3.05) is 5.75 Å². The van der Waals surface area contributed by atoms with Gasteiger partial charge in [-0.2, -0.15) is 0 Å². The van der Waals surface area contributed by atoms with Crippen LogP contribution in [-0.4, -0.2) is 35.1 Å². The fraction of sp³-hybridized carbons (Fsp3) is 0.600. The van der Waals surface area contributed by atoms with Gasteiger partial charge in [0.2, 0.25) is 0 Å². The minimum Gasteiger partial charge on any atom is -0.481 e. The molecule has 2 aliphatic rings. The van der Waals surface area contributed by atoms with Gasteiger partial charge in [0.25, 0.3) is 0 Å². The van der Waals surface area contributed by atoms with E-state index in [1.807, 2.05) is 6.08 Å². The first-order valence-electron chi connectivity index (χ1n) is 5.18. The number of carbonyl (C=O) groups is 2. The van der Waals surface area contributed by atoms with E-state index < -0.39 is 5.97 Å². The van der Waals surface area contributed by atoms with Gasteiger partial charge in [0.1, 0.15) is 0 Å². The normalized spacial score (nSPS) is 30.0. The lowest BCUT2D eigenvalue weighted by atomic mass is 10.1. The fourth-order valence-electron chi connectivity index (χ4n) is 1.78. The molecule has 0 aromatic rings. The van der Waals surface area contributed by atoms with Crippen LogP contribution < -0.4 is 5.32 Å². The van der Waals surface area contributed by atoms with E-state index in [4.69, 9.17) is 9.84 Å². The number of thioether (sulfide) groups is 1. The molecule has 1 amide bonds. The number of alkyl carbamates (subject to hydrolysis) is 1. The van der Waals surface area contributed by atoms with Crippen molar-refractivity contribution in [2.24, 2.45) is 0 Å². The minimum atomic E-state index is -0.774. The zero-order chi connectivity index (χ0) is 11.5. The summed E-state index contributed by atoms with van der Waals surface area (Å²) in [6.07, 6.45) is 3.00. The Hall–Kier alpha value is -1.17. The molecule has 2 rings (SSSR count). The van der Waals surface area contributed by atoms with Crippen LogP contribution in [0.3, 0.4) is 0 Å². The highest BCUT2D eigenvalue weighted by Crippen LogP contribution is 2.36. The number of rotatable bonds is 4. The molecule has 2 N–H and O–H groups in total. The van der Waals surface area contributed by atoms with E-state index in [0.29, 0.717) is 6.42 Å². The van der Waals surface area contributed by atoms with Gasteiger partial charge in [0, 0.05) is 17.1 Å². The number of nitrogens with one attached hydrogen (secondary N) is 1. The maximum absolute atomic E-state index is 11.0. The van der Waals surface area contributed by atoms with Gasteiger partial charge in [-0.1, -0.05) is 6.08 Å². The molecule has 2 fully saturated rings. The number of ether oxygens (including phenoxy) is 1. The van der Waals surface area contributed by atoms with Gasteiger partial charge >= 0.3 is 12.1 Å². The summed E-state index contributed by atoms with van der Waals surface area (Å²) < 4.78 is 5.12. The van der Waals surface area contributed by atoms with E-state index in [-0.39, 0.29) is 24.7 Å². The number of aliphatic carboxylic acids is 1. The molecule has 0 unspecified atom stereocenters. The third kappa shape index (κ3) is 2.49. The molecule has 0 bridgehead atoms. The van der Waals surface area contributed by atoms with E-state index in [0.717, 1.165) is 17.1 Å². The second-order valence-corrected chi connectivity index (χ2v) is 4.87. The number of carboxylic acids is 1. The van der Waals surface area contributed by atoms with Crippen molar-refractivity contribution in [1.82, 2.24) is 5.32 Å². The fourth-order valence-corrected chi connectivity index (χ4v) is 3.03. The Labute approximate surface area is 97.2 Å². The van der Waals surface area contributed by atoms with Crippen LogP contribution in [0.4, 0.5) is 4.79 Å². The minimum absolute atomic E-state index is 0.0863. The molecule has 2 aliphatic heterocycles. The van der Waals surface area contributed by atoms with Gasteiger partial charge in [-0.05, 0) is 12.8 Å². The number of fused-ring (bicyclic) bond motifs is 1. The standard InChI is InChI=1S/C10H13NO4S/c12-8(13)4-2-1-3-7-9-6(5-16-7)11-10(14)15-9/h3,6,9H,1-2,4-5H2,(H,11,14)(H,12,13)/t6-,9-/m0/s1. The summed E-state index contributed by atoms with van der Waals surface area (Å²) in [6.45, 7) is 0. The van der Waals surface area contributed by atoms with E-state index in [9.17, 15) is 9.59 Å². The van der Waals surface area contributed by atoms with E-state index >= 15 is 0 Å². The molecule has 2 heterocycles. The first-order chi connectivity index (χ1) is 7.66. The van der Waals surface area contributed by atoms with Gasteiger partial charge < -0.3 is 15.2 Å². The summed E-state index contributed by atoms with van der Waals surface area (Å²) in [6, 6.07) is 0.0863. The molecule has 2 saturated heterocycles. The number of hydrogen-bond donors (Lipinski definition) is 2. The highest BCUT2D eigenvalue weighted by Gasteiger charge is 2.41. The molecule has 0 spiro atoms. The topological polar surface area (TPSA) is 75.6 Å². The average molecular weight is 243 g/mol. The Morgan fingerprint density at radius 3 is 3.25 bits per heavy atom. The molecule has 0 saturated carbocycles. The Balaban J connectivity index is 1.83. The zero-order valence-electron chi connectivity index (χ0n) is 8.64. The molecular weight excluding hydrogens is 230 g/mol. The van der Waals surface area contributed by atoms with E-state index in [1.165, 1.54) is 0 Å². The van der Waals surface area contributed by atoms with Crippen molar-refractivity contribution in [3.63, 3.8) is 0 Å². The molecular formula is C10H13NO4S. The summed E-state index contributed by atoms with van der Waals surface area (Å²) in [5.41, 5.74) is 0. The highest BCUT2D eigenvalue weighted by atomic mass is 32.2. The number of amides is 1. The maximum atomic E-state index is 11.0. The number of hydrogen-bond acceptors (Lipinski definition) is 4. The predicted octanol–water partition coefficient (Wildman–Crippen LogP) is 1.35. The predicted molar refractivity (Wildman–Crippen MR) is 59.2 cm³/mol. The Morgan fingerprint density at radius 1 is 1.69 bits per heavy atom. The maximum Gasteiger partial charge on any atom is 0.408 e. The van der Waals surface area contributed by atoms with Crippen LogP contribution in [0.5, 0.6) is 0 Å². The quantitative estimate of drug-likeness (QED) is 0.729. The number of allylic oxidation sites excluding steroid dienone is 1. The smallest absolute Gasteiger partial charge is 0.408 e. The first-order valence-corrected chi connectivity index (χ1v) is 6.17. The van der Waals surface area contributed by atoms with Gasteiger partial charge in [-0.15, -0.1) is 11.8 Å². The molecule has 5 nitrogen and oxygen atoms in total. The number of carbonyl (C=O) groups excluding carboxylic acids is 1. The molecule has 88 valence electrons. The van der Waals surface area contributed by atoms with Crippen LogP contribution >= 0.6 is 11.8 Å². The molecule has 0 aromatic heterocycles. The van der Waals surface area contributed by atoms with Crippen LogP contribution in [0, 0.1) is 0 Å². The summed E-state index contributed by atoms with van der Waals surface area (Å²) in [5, 5.41) is 11.2. The van der Waals surface area contributed by atoms with Gasteiger partial charge in [0.05, 0.1) is 6.04 Å². The molecule has 0 radical (unpaired) electrons. The zero-order valence-corrected chi connectivity index (χ0v) is 9.46. The monoisotopic (exact) mass is 243 g/mol. The summed E-state index contributed by atoms with van der Waals surface area (Å²) in [4.78, 5) is 22.3. The van der Waals surface area contributed by atoms with Crippen molar-refractivity contribution in [3.05, 3.63) is 11.0 Å². The Bertz CT molecular complexity index is 342. The van der Waals surface area contributed by atoms with Crippen LogP contribution in [0.25, 0.3) is 0 Å². The van der Waals surface area contributed by atoms with Crippen molar-refractivity contribution in [2.45, 2.75) is 31.4 Å². The highest BCUT2D eigenvalue weighted by molar-refractivity contribution is 8.03. The van der Waals surface area contributed by atoms with Crippen molar-refractivity contribution >= 4 is 23.8 Å². The summed E-state index contributed by atoms with van der Waals surface area (Å²) >= 11 is 1.67. The second-order valence-electron chi connectivity index (χ2n) is 3.78. The third-order valence-corrected chi connectivity index (χ3v) is 3.81. The van der Waals surface area contributed by atoms with Gasteiger partial charge in [-0.3, -0.25) is 4.79 Å². The van der Waals surface area contributed by atoms with Crippen molar-refractivity contribution in [3.8, 4) is 0 Å². The van der Waals surface area contributed by atoms with Crippen molar-refractivity contribution in [1.29, 1.82) is 0 Å². The van der Waals surface area contributed by atoms with Crippen LogP contribution in [0.15, 0.2) is 11.0 Å². The first kappa shape index (κ1) is 11.3. The average Bonchev–Trinajstić information content (AvgIpc) is 2.72. The van der Waals surface area contributed by atoms with E-state index in [1.54, 1.807) is 11.8 Å². The van der Waals surface area contributed by atoms with Crippen LogP contribution in [-0.2, 0) is 9.53 Å². The molecule has 6 heteroatoms. The van der Waals surface area contributed by atoms with Gasteiger partial charge in [-0.25, -0.2) is 4.79 Å². The van der Waals surface area contributed by atoms with E-state index in [2.05, 4.69) is 5.32 Å². The third-order valence-electron chi connectivity index (χ3n) is 2.55. The van der Waals surface area contributed by atoms with Crippen LogP contribution in [0.1, 0.15) is 19.3 Å². The van der Waals surface area contributed by atoms with Crippen molar-refractivity contribution < 1.29 is 19.4 Å². The Morgan fingerprint density at radius 2 is 2.50 bits per heavy atom. The van der Waals surface area contributed by atoms with Crippen LogP contribution in [0.2, 0.25) is 0 Å². The SMILES string of the molecule is O=C(O)CCCC=C1SC[C@@H]2NC(=O)O[C@H]12. The lowest BCUT2D eigenvalue weighted by Crippen LogP contribution is -2.29. The molecule has 0 aromatic carbocycles. The largest absolute Gasteiger partial charge is 0.481 e. The second kappa shape index (κ2) is 4.78.